The van der Waals surface area contributed by atoms with E-state index in [9.17, 15) is 22.8 Å². The van der Waals surface area contributed by atoms with E-state index in [-0.39, 0.29) is 17.9 Å². The van der Waals surface area contributed by atoms with Crippen molar-refractivity contribution >= 4 is 11.9 Å². The topological polar surface area (TPSA) is 55.8 Å². The molecule has 2 aromatic rings. The molecule has 0 N–H and O–H groups in total. The number of amides is 1. The molecule has 0 radical (unpaired) electrons. The fourth-order valence-corrected chi connectivity index (χ4v) is 3.74. The lowest BCUT2D eigenvalue weighted by Crippen LogP contribution is -2.53. The fourth-order valence-electron chi connectivity index (χ4n) is 3.74. The van der Waals surface area contributed by atoms with Crippen LogP contribution >= 0.6 is 0 Å². The quantitative estimate of drug-likeness (QED) is 0.671. The molecular formula is C22H22F3NO4. The summed E-state index contributed by atoms with van der Waals surface area (Å²) in [6.45, 7) is 0. The molecule has 1 aliphatic rings. The van der Waals surface area contributed by atoms with E-state index in [0.717, 1.165) is 24.8 Å². The lowest BCUT2D eigenvalue weighted by atomic mass is 9.92. The van der Waals surface area contributed by atoms with Crippen molar-refractivity contribution in [3.8, 4) is 0 Å². The molecule has 1 saturated heterocycles. The number of likely N-dealkylation sites (tertiary alicyclic amines) is 1. The maximum absolute atomic E-state index is 14.1. The van der Waals surface area contributed by atoms with E-state index in [4.69, 9.17) is 9.47 Å². The molecule has 3 rings (SSSR count). The van der Waals surface area contributed by atoms with Crippen molar-refractivity contribution in [3.63, 3.8) is 0 Å². The van der Waals surface area contributed by atoms with Crippen molar-refractivity contribution < 1.29 is 32.2 Å². The fraction of sp³-hybridized carbons (Fsp3) is 0.364. The Bertz CT molecular complexity index is 888. The van der Waals surface area contributed by atoms with Crippen LogP contribution in [0.1, 0.15) is 17.5 Å². The first-order valence-electron chi connectivity index (χ1n) is 9.38. The lowest BCUT2D eigenvalue weighted by Gasteiger charge is -2.34. The zero-order chi connectivity index (χ0) is 21.9. The van der Waals surface area contributed by atoms with Gasteiger partial charge in [0.05, 0.1) is 12.5 Å². The number of benzene rings is 2. The van der Waals surface area contributed by atoms with Gasteiger partial charge in [0.1, 0.15) is 6.10 Å². The molecule has 0 spiro atoms. The van der Waals surface area contributed by atoms with Crippen LogP contribution in [0, 0.1) is 0 Å². The van der Waals surface area contributed by atoms with Crippen LogP contribution in [0.25, 0.3) is 0 Å². The van der Waals surface area contributed by atoms with Gasteiger partial charge in [-0.25, -0.2) is 4.79 Å². The van der Waals surface area contributed by atoms with Crippen molar-refractivity contribution in [1.29, 1.82) is 0 Å². The van der Waals surface area contributed by atoms with Gasteiger partial charge in [0.25, 0.3) is 5.60 Å². The number of methoxy groups -OCH3 is 1. The molecule has 1 amide bonds. The summed E-state index contributed by atoms with van der Waals surface area (Å²) in [7, 11) is 2.36. The zero-order valence-electron chi connectivity index (χ0n) is 16.6. The van der Waals surface area contributed by atoms with Gasteiger partial charge in [0, 0.05) is 19.7 Å². The van der Waals surface area contributed by atoms with Crippen molar-refractivity contribution in [2.45, 2.75) is 36.8 Å². The second kappa shape index (κ2) is 8.47. The van der Waals surface area contributed by atoms with Crippen LogP contribution in [0.15, 0.2) is 60.7 Å². The van der Waals surface area contributed by atoms with Crippen LogP contribution in [0.4, 0.5) is 13.2 Å². The van der Waals surface area contributed by atoms with Crippen LogP contribution in [0.2, 0.25) is 0 Å². The van der Waals surface area contributed by atoms with Crippen molar-refractivity contribution in [2.75, 3.05) is 14.2 Å². The predicted molar refractivity (Wildman–Crippen MR) is 102 cm³/mol. The third-order valence-corrected chi connectivity index (χ3v) is 5.42. The van der Waals surface area contributed by atoms with E-state index < -0.39 is 29.9 Å². The Kier molecular flexibility index (Phi) is 6.17. The number of carbonyl (C=O) groups is 2. The van der Waals surface area contributed by atoms with Crippen LogP contribution < -0.4 is 0 Å². The summed E-state index contributed by atoms with van der Waals surface area (Å²) in [5.41, 5.74) is -2.79. The summed E-state index contributed by atoms with van der Waals surface area (Å²) in [5, 5.41) is 0. The molecular weight excluding hydrogens is 399 g/mol. The Hall–Kier alpha value is -2.87. The summed E-state index contributed by atoms with van der Waals surface area (Å²) in [5.74, 6) is -1.89. The molecule has 1 aliphatic heterocycles. The summed E-state index contributed by atoms with van der Waals surface area (Å²) < 4.78 is 52.3. The molecule has 2 aromatic carbocycles. The standard InChI is InChI=1S/C22H22F3NO4/c1-26-17(13-15-9-5-3-6-10-15)18(14-19(26)27)30-20(28)21(29-2,22(23,24)25)16-11-7-4-8-12-16/h3-12,17-18H,13-14H2,1-2H3/t17-,18+,21+/m0/s1. The van der Waals surface area contributed by atoms with Gasteiger partial charge in [-0.05, 0) is 12.0 Å². The molecule has 0 aromatic heterocycles. The Morgan fingerprint density at radius 3 is 2.17 bits per heavy atom. The predicted octanol–water partition coefficient (Wildman–Crippen LogP) is 3.48. The normalized spacial score (nSPS) is 21.4. The maximum atomic E-state index is 14.1. The Labute approximate surface area is 172 Å². The van der Waals surface area contributed by atoms with E-state index in [0.29, 0.717) is 6.42 Å². The third-order valence-electron chi connectivity index (χ3n) is 5.42. The summed E-state index contributed by atoms with van der Waals surface area (Å²) in [6, 6.07) is 15.2. The van der Waals surface area contributed by atoms with Gasteiger partial charge in [-0.1, -0.05) is 60.7 Å². The van der Waals surface area contributed by atoms with Gasteiger partial charge in [-0.15, -0.1) is 0 Å². The second-order valence-corrected chi connectivity index (χ2v) is 7.16. The molecule has 3 atom stereocenters. The number of esters is 1. The van der Waals surface area contributed by atoms with Gasteiger partial charge in [0.2, 0.25) is 5.91 Å². The first-order valence-corrected chi connectivity index (χ1v) is 9.38. The SMILES string of the molecule is CO[C@@](C(=O)O[C@@H]1CC(=O)N(C)[C@H]1Cc1ccccc1)(c1ccccc1)C(F)(F)F. The highest BCUT2D eigenvalue weighted by atomic mass is 19.4. The largest absolute Gasteiger partial charge is 0.457 e. The van der Waals surface area contributed by atoms with Crippen LogP contribution in [0.5, 0.6) is 0 Å². The maximum Gasteiger partial charge on any atom is 0.432 e. The van der Waals surface area contributed by atoms with Crippen molar-refractivity contribution in [2.24, 2.45) is 0 Å². The molecule has 1 heterocycles. The van der Waals surface area contributed by atoms with Crippen LogP contribution in [-0.4, -0.2) is 49.3 Å². The van der Waals surface area contributed by atoms with Crippen LogP contribution in [0.3, 0.4) is 0 Å². The average molecular weight is 421 g/mol. The van der Waals surface area contributed by atoms with Gasteiger partial charge < -0.3 is 14.4 Å². The third kappa shape index (κ3) is 3.92. The van der Waals surface area contributed by atoms with Crippen molar-refractivity contribution in [1.82, 2.24) is 4.90 Å². The lowest BCUT2D eigenvalue weighted by molar-refractivity contribution is -0.278. The van der Waals surface area contributed by atoms with E-state index >= 15 is 0 Å². The number of hydrogen-bond acceptors (Lipinski definition) is 4. The highest BCUT2D eigenvalue weighted by Gasteiger charge is 2.64. The monoisotopic (exact) mass is 421 g/mol. The Morgan fingerprint density at radius 2 is 1.63 bits per heavy atom. The molecule has 0 bridgehead atoms. The number of hydrogen-bond donors (Lipinski definition) is 0. The molecule has 8 heteroatoms. The number of likely N-dealkylation sites (N-methyl/N-ethyl adjacent to an activating group) is 1. The highest BCUT2D eigenvalue weighted by Crippen LogP contribution is 2.43. The van der Waals surface area contributed by atoms with E-state index in [1.54, 1.807) is 7.05 Å². The summed E-state index contributed by atoms with van der Waals surface area (Å²) in [4.78, 5) is 26.6. The van der Waals surface area contributed by atoms with E-state index in [1.807, 2.05) is 30.3 Å². The van der Waals surface area contributed by atoms with Gasteiger partial charge >= 0.3 is 12.1 Å². The molecule has 0 unspecified atom stereocenters. The van der Waals surface area contributed by atoms with Gasteiger partial charge in [0.15, 0.2) is 0 Å². The Morgan fingerprint density at radius 1 is 1.07 bits per heavy atom. The van der Waals surface area contributed by atoms with Crippen LogP contribution in [-0.2, 0) is 31.1 Å². The average Bonchev–Trinajstić information content (AvgIpc) is 2.97. The van der Waals surface area contributed by atoms with Gasteiger partial charge in [-0.3, -0.25) is 4.79 Å². The Balaban J connectivity index is 1.91. The number of rotatable bonds is 6. The first-order chi connectivity index (χ1) is 14.2. The van der Waals surface area contributed by atoms with Crippen molar-refractivity contribution in [3.05, 3.63) is 71.8 Å². The van der Waals surface area contributed by atoms with Gasteiger partial charge in [-0.2, -0.15) is 13.2 Å². The second-order valence-electron chi connectivity index (χ2n) is 7.16. The number of halogens is 3. The summed E-state index contributed by atoms with van der Waals surface area (Å²) >= 11 is 0. The minimum absolute atomic E-state index is 0.188. The molecule has 0 aliphatic carbocycles. The number of nitrogens with zero attached hydrogens (tertiary/aromatic N) is 1. The zero-order valence-corrected chi connectivity index (χ0v) is 16.6. The summed E-state index contributed by atoms with van der Waals surface area (Å²) in [6.07, 6.45) is -5.94. The minimum atomic E-state index is -5.07. The molecule has 160 valence electrons. The minimum Gasteiger partial charge on any atom is -0.457 e. The molecule has 0 saturated carbocycles. The molecule has 30 heavy (non-hydrogen) atoms. The smallest absolute Gasteiger partial charge is 0.432 e. The van der Waals surface area contributed by atoms with E-state index in [1.165, 1.54) is 23.1 Å². The number of carbonyl (C=O) groups excluding carboxylic acids is 2. The number of ether oxygens (including phenoxy) is 2. The molecule has 1 fully saturated rings. The van der Waals surface area contributed by atoms with E-state index in [2.05, 4.69) is 0 Å². The first kappa shape index (κ1) is 21.8. The molecule has 5 nitrogen and oxygen atoms in total. The highest BCUT2D eigenvalue weighted by molar-refractivity contribution is 5.84. The number of alkyl halides is 3.